The zero-order valence-electron chi connectivity index (χ0n) is 12.1. The third-order valence-corrected chi connectivity index (χ3v) is 5.29. The molecule has 8 heteroatoms. The summed E-state index contributed by atoms with van der Waals surface area (Å²) in [5.41, 5.74) is 11.9. The number of sulfone groups is 1. The van der Waals surface area contributed by atoms with Crippen LogP contribution < -0.4 is 11.5 Å². The van der Waals surface area contributed by atoms with Gasteiger partial charge in [0.2, 0.25) is 0 Å². The van der Waals surface area contributed by atoms with Crippen LogP contribution in [0.1, 0.15) is 27.5 Å². The standard InChI is InChI=1S/C13H18N4O3S/c1-7-4-9-10(17(2)3)6-21(19,20)11(9)5-8(7)12(18)16-13(14)15/h4-5,10H,6H2,1-3H3,(H4,14,15,16,18). The summed E-state index contributed by atoms with van der Waals surface area (Å²) in [5.74, 6) is -0.984. The fraction of sp³-hybridized carbons (Fsp3) is 0.385. The molecule has 1 aromatic rings. The van der Waals surface area contributed by atoms with Crippen LogP contribution in [0.25, 0.3) is 0 Å². The fourth-order valence-electron chi connectivity index (χ4n) is 2.46. The molecule has 0 fully saturated rings. The van der Waals surface area contributed by atoms with E-state index in [1.54, 1.807) is 13.0 Å². The molecule has 0 radical (unpaired) electrons. The number of benzene rings is 1. The summed E-state index contributed by atoms with van der Waals surface area (Å²) in [6, 6.07) is 2.88. The van der Waals surface area contributed by atoms with Crippen LogP contribution in [-0.4, -0.2) is 45.0 Å². The van der Waals surface area contributed by atoms with Crippen molar-refractivity contribution in [2.24, 2.45) is 16.5 Å². The predicted octanol–water partition coefficient (Wildman–Crippen LogP) is -0.201. The minimum atomic E-state index is -3.41. The Balaban J connectivity index is 2.63. The molecule has 0 saturated heterocycles. The number of aliphatic imine (C=N–C) groups is 1. The summed E-state index contributed by atoms with van der Waals surface area (Å²) in [4.78, 5) is 17.4. The topological polar surface area (TPSA) is 119 Å². The van der Waals surface area contributed by atoms with Crippen LogP contribution in [-0.2, 0) is 9.84 Å². The number of guanidine groups is 1. The predicted molar refractivity (Wildman–Crippen MR) is 79.8 cm³/mol. The van der Waals surface area contributed by atoms with E-state index < -0.39 is 15.7 Å². The van der Waals surface area contributed by atoms with Crippen molar-refractivity contribution in [2.45, 2.75) is 17.9 Å². The number of nitrogens with two attached hydrogens (primary N) is 2. The summed E-state index contributed by atoms with van der Waals surface area (Å²) < 4.78 is 24.5. The number of aryl methyl sites for hydroxylation is 1. The lowest BCUT2D eigenvalue weighted by Crippen LogP contribution is -2.24. The fourth-order valence-corrected chi connectivity index (χ4v) is 4.39. The van der Waals surface area contributed by atoms with E-state index in [0.29, 0.717) is 11.1 Å². The Kier molecular flexibility index (Phi) is 3.77. The van der Waals surface area contributed by atoms with Gasteiger partial charge in [-0.15, -0.1) is 0 Å². The first-order valence-electron chi connectivity index (χ1n) is 6.31. The van der Waals surface area contributed by atoms with Crippen LogP contribution >= 0.6 is 0 Å². The molecule has 0 bridgehead atoms. The summed E-state index contributed by atoms with van der Waals surface area (Å²) in [5, 5.41) is 0. The van der Waals surface area contributed by atoms with Gasteiger partial charge in [-0.25, -0.2) is 8.42 Å². The molecular formula is C13H18N4O3S. The summed E-state index contributed by atoms with van der Waals surface area (Å²) >= 11 is 0. The maximum Gasteiger partial charge on any atom is 0.280 e. The second kappa shape index (κ2) is 5.12. The number of carbonyl (C=O) groups excluding carboxylic acids is 1. The Bertz CT molecular complexity index is 734. The average molecular weight is 310 g/mol. The molecule has 1 aromatic carbocycles. The Hall–Kier alpha value is -1.93. The van der Waals surface area contributed by atoms with E-state index in [1.165, 1.54) is 6.07 Å². The smallest absolute Gasteiger partial charge is 0.280 e. The van der Waals surface area contributed by atoms with E-state index in [1.807, 2.05) is 19.0 Å². The molecule has 114 valence electrons. The number of carbonyl (C=O) groups is 1. The number of hydrogen-bond donors (Lipinski definition) is 2. The number of nitrogens with zero attached hydrogens (tertiary/aromatic N) is 2. The molecular weight excluding hydrogens is 292 g/mol. The molecule has 1 amide bonds. The minimum Gasteiger partial charge on any atom is -0.370 e. The zero-order valence-corrected chi connectivity index (χ0v) is 12.9. The molecule has 7 nitrogen and oxygen atoms in total. The van der Waals surface area contributed by atoms with Crippen molar-refractivity contribution in [3.8, 4) is 0 Å². The lowest BCUT2D eigenvalue weighted by Gasteiger charge is -2.19. The minimum absolute atomic E-state index is 0.00864. The molecule has 1 heterocycles. The highest BCUT2D eigenvalue weighted by Crippen LogP contribution is 2.37. The van der Waals surface area contributed by atoms with Gasteiger partial charge in [0.15, 0.2) is 15.8 Å². The van der Waals surface area contributed by atoms with Gasteiger partial charge in [0.1, 0.15) is 0 Å². The molecule has 2 rings (SSSR count). The van der Waals surface area contributed by atoms with Crippen molar-refractivity contribution in [1.29, 1.82) is 0 Å². The van der Waals surface area contributed by atoms with Gasteiger partial charge in [0.25, 0.3) is 5.91 Å². The van der Waals surface area contributed by atoms with Gasteiger partial charge < -0.3 is 16.4 Å². The van der Waals surface area contributed by atoms with Gasteiger partial charge in [-0.05, 0) is 38.2 Å². The highest BCUT2D eigenvalue weighted by Gasteiger charge is 2.37. The highest BCUT2D eigenvalue weighted by molar-refractivity contribution is 7.91. The molecule has 1 aliphatic rings. The van der Waals surface area contributed by atoms with Crippen molar-refractivity contribution in [3.05, 3.63) is 28.8 Å². The molecule has 4 N–H and O–H groups in total. The molecule has 1 unspecified atom stereocenters. The third kappa shape index (κ3) is 2.77. The first kappa shape index (κ1) is 15.5. The molecule has 0 saturated carbocycles. The van der Waals surface area contributed by atoms with Crippen LogP contribution in [0, 0.1) is 6.92 Å². The van der Waals surface area contributed by atoms with Crippen LogP contribution in [0.3, 0.4) is 0 Å². The summed E-state index contributed by atoms with van der Waals surface area (Å²) in [6.07, 6.45) is 0. The SMILES string of the molecule is Cc1cc2c(cc1C(=O)N=C(N)N)S(=O)(=O)CC2N(C)C. The van der Waals surface area contributed by atoms with Crippen molar-refractivity contribution in [1.82, 2.24) is 4.90 Å². The number of amides is 1. The van der Waals surface area contributed by atoms with Gasteiger partial charge in [-0.2, -0.15) is 4.99 Å². The van der Waals surface area contributed by atoms with E-state index in [9.17, 15) is 13.2 Å². The molecule has 0 spiro atoms. The largest absolute Gasteiger partial charge is 0.370 e. The normalized spacial score (nSPS) is 19.3. The molecule has 1 atom stereocenters. The van der Waals surface area contributed by atoms with Crippen molar-refractivity contribution >= 4 is 21.7 Å². The van der Waals surface area contributed by atoms with Crippen LogP contribution in [0.2, 0.25) is 0 Å². The maximum atomic E-state index is 12.3. The van der Waals surface area contributed by atoms with Gasteiger partial charge >= 0.3 is 0 Å². The van der Waals surface area contributed by atoms with Crippen LogP contribution in [0.5, 0.6) is 0 Å². The first-order chi connectivity index (χ1) is 9.63. The Labute approximate surface area is 123 Å². The monoisotopic (exact) mass is 310 g/mol. The molecule has 21 heavy (non-hydrogen) atoms. The summed E-state index contributed by atoms with van der Waals surface area (Å²) in [7, 11) is 0.239. The lowest BCUT2D eigenvalue weighted by atomic mass is 10.0. The van der Waals surface area contributed by atoms with E-state index in [0.717, 1.165) is 0 Å². The van der Waals surface area contributed by atoms with E-state index >= 15 is 0 Å². The molecule has 1 aliphatic heterocycles. The molecule has 0 aromatic heterocycles. The highest BCUT2D eigenvalue weighted by atomic mass is 32.2. The first-order valence-corrected chi connectivity index (χ1v) is 7.96. The van der Waals surface area contributed by atoms with E-state index in [2.05, 4.69) is 4.99 Å². The Morgan fingerprint density at radius 1 is 1.33 bits per heavy atom. The lowest BCUT2D eigenvalue weighted by molar-refractivity contribution is 0.100. The second-order valence-corrected chi connectivity index (χ2v) is 7.31. The molecule has 0 aliphatic carbocycles. The van der Waals surface area contributed by atoms with Gasteiger partial charge in [0, 0.05) is 11.6 Å². The maximum absolute atomic E-state index is 12.3. The van der Waals surface area contributed by atoms with E-state index in [4.69, 9.17) is 11.5 Å². The van der Waals surface area contributed by atoms with Crippen LogP contribution in [0.15, 0.2) is 22.0 Å². The van der Waals surface area contributed by atoms with Crippen molar-refractivity contribution < 1.29 is 13.2 Å². The van der Waals surface area contributed by atoms with Gasteiger partial charge in [-0.3, -0.25) is 4.79 Å². The van der Waals surface area contributed by atoms with Crippen LogP contribution in [0.4, 0.5) is 0 Å². The number of hydrogen-bond acceptors (Lipinski definition) is 4. The number of fused-ring (bicyclic) bond motifs is 1. The van der Waals surface area contributed by atoms with Crippen molar-refractivity contribution in [2.75, 3.05) is 19.8 Å². The Morgan fingerprint density at radius 3 is 2.48 bits per heavy atom. The van der Waals surface area contributed by atoms with Gasteiger partial charge in [0.05, 0.1) is 10.6 Å². The van der Waals surface area contributed by atoms with E-state index in [-0.39, 0.29) is 28.2 Å². The third-order valence-electron chi connectivity index (χ3n) is 3.51. The second-order valence-electron chi connectivity index (χ2n) is 5.31. The zero-order chi connectivity index (χ0) is 15.9. The Morgan fingerprint density at radius 2 is 1.95 bits per heavy atom. The quantitative estimate of drug-likeness (QED) is 0.576. The summed E-state index contributed by atoms with van der Waals surface area (Å²) in [6.45, 7) is 1.73. The average Bonchev–Trinajstić information content (AvgIpc) is 2.59. The van der Waals surface area contributed by atoms with Gasteiger partial charge in [-0.1, -0.05) is 6.07 Å². The number of rotatable bonds is 2. The van der Waals surface area contributed by atoms with Crippen molar-refractivity contribution in [3.63, 3.8) is 0 Å².